The van der Waals surface area contributed by atoms with Crippen molar-refractivity contribution >= 4 is 11.9 Å². The zero-order valence-electron chi connectivity index (χ0n) is 11.6. The van der Waals surface area contributed by atoms with Crippen molar-refractivity contribution in [3.8, 4) is 0 Å². The Morgan fingerprint density at radius 2 is 2.47 bits per heavy atom. The lowest BCUT2D eigenvalue weighted by Gasteiger charge is -2.29. The molecule has 0 radical (unpaired) electrons. The van der Waals surface area contributed by atoms with Crippen LogP contribution in [0.1, 0.15) is 46.0 Å². The Labute approximate surface area is 113 Å². The van der Waals surface area contributed by atoms with Crippen molar-refractivity contribution in [3.63, 3.8) is 0 Å². The Hall–Kier alpha value is -1.43. The molecule has 2 N–H and O–H groups in total. The number of H-pyrrole nitrogens is 1. The van der Waals surface area contributed by atoms with Gasteiger partial charge in [-0.05, 0) is 25.2 Å². The summed E-state index contributed by atoms with van der Waals surface area (Å²) in [7, 11) is 0. The first kappa shape index (κ1) is 14.0. The van der Waals surface area contributed by atoms with Crippen LogP contribution in [-0.4, -0.2) is 33.3 Å². The smallest absolute Gasteiger partial charge is 0.255 e. The van der Waals surface area contributed by atoms with Crippen molar-refractivity contribution < 1.29 is 9.53 Å². The highest BCUT2D eigenvalue weighted by Gasteiger charge is 2.26. The molecule has 1 aliphatic carbocycles. The first-order valence-electron chi connectivity index (χ1n) is 7.00. The summed E-state index contributed by atoms with van der Waals surface area (Å²) in [6.45, 7) is 4.20. The lowest BCUT2D eigenvalue weighted by molar-refractivity contribution is -0.133. The van der Waals surface area contributed by atoms with Crippen LogP contribution in [0.2, 0.25) is 0 Å². The summed E-state index contributed by atoms with van der Waals surface area (Å²) in [4.78, 5) is 16.0. The van der Waals surface area contributed by atoms with E-state index in [1.54, 1.807) is 0 Å². The van der Waals surface area contributed by atoms with Crippen molar-refractivity contribution in [2.45, 2.75) is 58.2 Å². The largest absolute Gasteiger partial charge is 0.365 e. The molecule has 1 saturated carbocycles. The lowest BCUT2D eigenvalue weighted by Crippen LogP contribution is -2.35. The van der Waals surface area contributed by atoms with Gasteiger partial charge in [0.1, 0.15) is 12.4 Å². The molecule has 1 fully saturated rings. The first-order chi connectivity index (χ1) is 9.19. The van der Waals surface area contributed by atoms with Gasteiger partial charge in [0, 0.05) is 0 Å². The van der Waals surface area contributed by atoms with Crippen LogP contribution < -0.4 is 5.32 Å². The molecule has 19 heavy (non-hydrogen) atoms. The van der Waals surface area contributed by atoms with E-state index in [1.165, 1.54) is 19.2 Å². The number of nitrogens with one attached hydrogen (secondary N) is 2. The molecule has 1 aromatic rings. The number of carbonyl (C=O) groups is 1. The second-order valence-corrected chi connectivity index (χ2v) is 5.25. The number of hydrogen-bond acceptors (Lipinski definition) is 4. The zero-order valence-corrected chi connectivity index (χ0v) is 11.6. The van der Waals surface area contributed by atoms with Crippen molar-refractivity contribution in [2.75, 3.05) is 5.32 Å². The Bertz CT molecular complexity index is 393. The first-order valence-corrected chi connectivity index (χ1v) is 7.00. The zero-order chi connectivity index (χ0) is 13.7. The molecule has 1 amide bonds. The van der Waals surface area contributed by atoms with Crippen LogP contribution in [0.3, 0.4) is 0 Å². The van der Waals surface area contributed by atoms with Crippen molar-refractivity contribution in [3.05, 3.63) is 6.33 Å². The summed E-state index contributed by atoms with van der Waals surface area (Å²) in [6, 6.07) is 0. The van der Waals surface area contributed by atoms with Crippen molar-refractivity contribution in [1.29, 1.82) is 0 Å². The van der Waals surface area contributed by atoms with Gasteiger partial charge >= 0.3 is 0 Å². The highest BCUT2D eigenvalue weighted by atomic mass is 16.5. The van der Waals surface area contributed by atoms with E-state index in [1.807, 2.05) is 6.92 Å². The fourth-order valence-electron chi connectivity index (χ4n) is 2.54. The van der Waals surface area contributed by atoms with Gasteiger partial charge in [0.25, 0.3) is 5.91 Å². The van der Waals surface area contributed by atoms with E-state index in [9.17, 15) is 4.79 Å². The summed E-state index contributed by atoms with van der Waals surface area (Å²) < 4.78 is 5.95. The van der Waals surface area contributed by atoms with Crippen molar-refractivity contribution in [2.24, 2.45) is 5.92 Å². The molecule has 1 aliphatic rings. The van der Waals surface area contributed by atoms with Gasteiger partial charge in [-0.1, -0.05) is 26.7 Å². The summed E-state index contributed by atoms with van der Waals surface area (Å²) in [5.41, 5.74) is 0. The maximum Gasteiger partial charge on any atom is 0.255 e. The number of aromatic nitrogens is 3. The van der Waals surface area contributed by atoms with Gasteiger partial charge in [0.05, 0.1) is 6.10 Å². The highest BCUT2D eigenvalue weighted by Crippen LogP contribution is 2.27. The molecule has 6 heteroatoms. The Balaban J connectivity index is 1.86. The van der Waals surface area contributed by atoms with Crippen LogP contribution in [0, 0.1) is 5.92 Å². The molecular weight excluding hydrogens is 244 g/mol. The molecule has 0 spiro atoms. The summed E-state index contributed by atoms with van der Waals surface area (Å²) in [5.74, 6) is 0.898. The van der Waals surface area contributed by atoms with Crippen LogP contribution in [0.15, 0.2) is 6.33 Å². The SMILES string of the molecule is CC[C@H](O[C@H]1CCC[C@@H](C)C1)C(=O)Nc1ncn[nH]1. The van der Waals surface area contributed by atoms with E-state index >= 15 is 0 Å². The number of rotatable bonds is 5. The average molecular weight is 266 g/mol. The van der Waals surface area contributed by atoms with Gasteiger partial charge in [-0.2, -0.15) is 10.1 Å². The van der Waals surface area contributed by atoms with Crippen LogP contribution in [0.4, 0.5) is 5.95 Å². The average Bonchev–Trinajstić information content (AvgIpc) is 2.88. The third-order valence-electron chi connectivity index (χ3n) is 3.56. The van der Waals surface area contributed by atoms with Crippen molar-refractivity contribution in [1.82, 2.24) is 15.2 Å². The van der Waals surface area contributed by atoms with E-state index < -0.39 is 6.10 Å². The molecule has 1 heterocycles. The van der Waals surface area contributed by atoms with E-state index in [0.717, 1.165) is 12.8 Å². The molecule has 3 atom stereocenters. The quantitative estimate of drug-likeness (QED) is 0.855. The van der Waals surface area contributed by atoms with Gasteiger partial charge in [-0.3, -0.25) is 10.1 Å². The minimum absolute atomic E-state index is 0.155. The van der Waals surface area contributed by atoms with Crippen LogP contribution >= 0.6 is 0 Å². The van der Waals surface area contributed by atoms with Crippen LogP contribution in [0.5, 0.6) is 0 Å². The second kappa shape index (κ2) is 6.65. The number of hydrogen-bond donors (Lipinski definition) is 2. The van der Waals surface area contributed by atoms with Gasteiger partial charge in [0.2, 0.25) is 5.95 Å². The highest BCUT2D eigenvalue weighted by molar-refractivity contribution is 5.92. The molecule has 0 aromatic carbocycles. The third-order valence-corrected chi connectivity index (χ3v) is 3.56. The molecular formula is C13H22N4O2. The molecule has 0 aliphatic heterocycles. The third kappa shape index (κ3) is 4.02. The van der Waals surface area contributed by atoms with E-state index in [2.05, 4.69) is 27.4 Å². The number of anilines is 1. The molecule has 0 unspecified atom stereocenters. The lowest BCUT2D eigenvalue weighted by atomic mass is 9.88. The summed E-state index contributed by atoms with van der Waals surface area (Å²) in [6.07, 6.45) is 6.36. The second-order valence-electron chi connectivity index (χ2n) is 5.25. The number of carbonyl (C=O) groups excluding carboxylic acids is 1. The standard InChI is InChI=1S/C13H22N4O2/c1-3-11(12(18)16-13-14-8-15-17-13)19-10-6-4-5-9(2)7-10/h8-11H,3-7H2,1-2H3,(H2,14,15,16,17,18)/t9-,10+,11+/m1/s1. The molecule has 106 valence electrons. The predicted molar refractivity (Wildman–Crippen MR) is 71.6 cm³/mol. The molecule has 0 bridgehead atoms. The maximum atomic E-state index is 12.1. The van der Waals surface area contributed by atoms with Gasteiger partial charge in [-0.25, -0.2) is 5.10 Å². The number of ether oxygens (including phenoxy) is 1. The molecule has 0 saturated heterocycles. The topological polar surface area (TPSA) is 79.9 Å². The summed E-state index contributed by atoms with van der Waals surface area (Å²) >= 11 is 0. The van der Waals surface area contributed by atoms with Gasteiger partial charge < -0.3 is 4.74 Å². The molecule has 1 aromatic heterocycles. The Kier molecular flexibility index (Phi) is 4.90. The number of nitrogens with zero attached hydrogens (tertiary/aromatic N) is 2. The number of aromatic amines is 1. The number of amides is 1. The Morgan fingerprint density at radius 1 is 1.63 bits per heavy atom. The van der Waals surface area contributed by atoms with E-state index in [0.29, 0.717) is 18.3 Å². The van der Waals surface area contributed by atoms with Crippen LogP contribution in [-0.2, 0) is 9.53 Å². The van der Waals surface area contributed by atoms with E-state index in [-0.39, 0.29) is 12.0 Å². The fraction of sp³-hybridized carbons (Fsp3) is 0.769. The minimum Gasteiger partial charge on any atom is -0.365 e. The van der Waals surface area contributed by atoms with Gasteiger partial charge in [0.15, 0.2) is 0 Å². The normalized spacial score (nSPS) is 24.9. The maximum absolute atomic E-state index is 12.1. The molecule has 2 rings (SSSR count). The van der Waals surface area contributed by atoms with Gasteiger partial charge in [-0.15, -0.1) is 0 Å². The summed E-state index contributed by atoms with van der Waals surface area (Å²) in [5, 5.41) is 8.98. The molecule has 6 nitrogen and oxygen atoms in total. The van der Waals surface area contributed by atoms with Crippen LogP contribution in [0.25, 0.3) is 0 Å². The predicted octanol–water partition coefficient (Wildman–Crippen LogP) is 2.12. The van der Waals surface area contributed by atoms with E-state index in [4.69, 9.17) is 4.74 Å². The minimum atomic E-state index is -0.416. The monoisotopic (exact) mass is 266 g/mol. The Morgan fingerprint density at radius 3 is 3.11 bits per heavy atom. The fourth-order valence-corrected chi connectivity index (χ4v) is 2.54.